The van der Waals surface area contributed by atoms with E-state index in [-0.39, 0.29) is 24.5 Å². The first-order valence-corrected chi connectivity index (χ1v) is 12.6. The number of esters is 1. The summed E-state index contributed by atoms with van der Waals surface area (Å²) in [5, 5.41) is 0. The average Bonchev–Trinajstić information content (AvgIpc) is 2.76. The van der Waals surface area contributed by atoms with Crippen molar-refractivity contribution in [3.63, 3.8) is 0 Å². The van der Waals surface area contributed by atoms with Crippen molar-refractivity contribution in [2.24, 2.45) is 5.73 Å². The van der Waals surface area contributed by atoms with E-state index in [4.69, 9.17) is 38.9 Å². The summed E-state index contributed by atoms with van der Waals surface area (Å²) in [7, 11) is 0. The lowest BCUT2D eigenvalue weighted by Gasteiger charge is -2.22. The van der Waals surface area contributed by atoms with Crippen LogP contribution in [0.4, 0.5) is 14.4 Å². The van der Waals surface area contributed by atoms with Crippen molar-refractivity contribution in [3.05, 3.63) is 23.8 Å². The van der Waals surface area contributed by atoms with Crippen LogP contribution in [0.1, 0.15) is 74.3 Å². The van der Waals surface area contributed by atoms with Gasteiger partial charge >= 0.3 is 24.4 Å². The first kappa shape index (κ1) is 33.5. The lowest BCUT2D eigenvalue weighted by atomic mass is 10.1. The fourth-order valence-corrected chi connectivity index (χ4v) is 2.74. The number of hydrogen-bond donors (Lipinski definition) is 1. The summed E-state index contributed by atoms with van der Waals surface area (Å²) in [6, 6.07) is 3.18. The first-order chi connectivity index (χ1) is 17.9. The molecule has 0 heterocycles. The van der Waals surface area contributed by atoms with Crippen molar-refractivity contribution < 1.29 is 52.3 Å². The number of nitrogens with two attached hydrogens (primary N) is 1. The number of carbonyl (C=O) groups excluding carboxylic acids is 4. The number of benzene rings is 1. The summed E-state index contributed by atoms with van der Waals surface area (Å²) in [6.45, 7) is 15.2. The average molecular weight is 556 g/mol. The molecule has 0 aliphatic heterocycles. The van der Waals surface area contributed by atoms with E-state index in [9.17, 15) is 19.2 Å². The maximum Gasteiger partial charge on any atom is 0.514 e. The van der Waals surface area contributed by atoms with E-state index in [2.05, 4.69) is 0 Å². The minimum atomic E-state index is -1.11. The van der Waals surface area contributed by atoms with Crippen LogP contribution in [-0.2, 0) is 34.9 Å². The Morgan fingerprint density at radius 1 is 0.795 bits per heavy atom. The van der Waals surface area contributed by atoms with Crippen LogP contribution in [0.2, 0.25) is 0 Å². The van der Waals surface area contributed by atoms with Gasteiger partial charge in [0.05, 0.1) is 6.61 Å². The maximum absolute atomic E-state index is 12.6. The third-order valence-electron chi connectivity index (χ3n) is 4.60. The van der Waals surface area contributed by atoms with E-state index in [0.717, 1.165) is 0 Å². The molecule has 0 bridgehead atoms. The molecule has 0 saturated carbocycles. The number of hydrogen-bond acceptors (Lipinski definition) is 12. The highest BCUT2D eigenvalue weighted by Crippen LogP contribution is 2.31. The zero-order valence-electron chi connectivity index (χ0n) is 24.2. The van der Waals surface area contributed by atoms with Gasteiger partial charge in [0.1, 0.15) is 29.5 Å². The van der Waals surface area contributed by atoms with Crippen molar-refractivity contribution in [2.75, 3.05) is 6.61 Å². The molecule has 12 heteroatoms. The lowest BCUT2D eigenvalue weighted by molar-refractivity contribution is -0.155. The summed E-state index contributed by atoms with van der Waals surface area (Å²) in [5.41, 5.74) is 4.86. The SMILES string of the molecule is CCCOC(=O)O[C@@H](C)[C@H](C)OC(=O)[C@@H](N)Cc1ccc(OC(=O)OC(C)(C)C)c(OC(=O)OC(C)(C)C)c1. The van der Waals surface area contributed by atoms with Gasteiger partial charge in [0, 0.05) is 0 Å². The van der Waals surface area contributed by atoms with Crippen LogP contribution in [0.3, 0.4) is 0 Å². The summed E-state index contributed by atoms with van der Waals surface area (Å²) in [6.07, 6.45) is -3.84. The van der Waals surface area contributed by atoms with Gasteiger partial charge in [-0.05, 0) is 85.9 Å². The molecule has 220 valence electrons. The van der Waals surface area contributed by atoms with Crippen LogP contribution in [0.15, 0.2) is 18.2 Å². The highest BCUT2D eigenvalue weighted by molar-refractivity contribution is 5.76. The fraction of sp³-hybridized carbons (Fsp3) is 0.630. The standard InChI is InChI=1S/C27H41NO11/c1-10-13-33-23(30)35-17(3)16(2)34-22(29)19(28)14-18-11-12-20(36-24(31)38-26(4,5)6)21(15-18)37-25(32)39-27(7,8)9/h11-12,15-17,19H,10,13-14,28H2,1-9H3/t16-,17-,19-/m0/s1. The Labute approximate surface area is 229 Å². The molecule has 0 aromatic heterocycles. The van der Waals surface area contributed by atoms with Gasteiger partial charge in [-0.1, -0.05) is 13.0 Å². The van der Waals surface area contributed by atoms with E-state index < -0.39 is 53.9 Å². The van der Waals surface area contributed by atoms with Crippen LogP contribution in [0.25, 0.3) is 0 Å². The Bertz CT molecular complexity index is 994. The predicted octanol–water partition coefficient (Wildman–Crippen LogP) is 5.07. The molecule has 39 heavy (non-hydrogen) atoms. The van der Waals surface area contributed by atoms with Crippen LogP contribution in [0.5, 0.6) is 11.5 Å². The second-order valence-corrected chi connectivity index (χ2v) is 10.8. The smallest absolute Gasteiger partial charge is 0.458 e. The summed E-state index contributed by atoms with van der Waals surface area (Å²) in [5.74, 6) is -0.998. The van der Waals surface area contributed by atoms with Gasteiger partial charge in [0.25, 0.3) is 0 Å². The van der Waals surface area contributed by atoms with Gasteiger partial charge in [-0.25, -0.2) is 14.4 Å². The molecule has 1 aromatic carbocycles. The molecule has 0 aliphatic carbocycles. The Kier molecular flexibility index (Phi) is 12.5. The maximum atomic E-state index is 12.6. The topological polar surface area (TPSA) is 159 Å². The second kappa shape index (κ2) is 14.6. The molecule has 2 N–H and O–H groups in total. The second-order valence-electron chi connectivity index (χ2n) is 10.8. The molecule has 0 unspecified atom stereocenters. The Balaban J connectivity index is 2.97. The normalized spacial score (nSPS) is 13.8. The molecule has 12 nitrogen and oxygen atoms in total. The molecule has 0 amide bonds. The van der Waals surface area contributed by atoms with Gasteiger partial charge in [-0.15, -0.1) is 0 Å². The van der Waals surface area contributed by atoms with E-state index in [1.165, 1.54) is 18.2 Å². The molecule has 0 aliphatic rings. The Hall–Kier alpha value is -3.54. The monoisotopic (exact) mass is 555 g/mol. The molecule has 3 atom stereocenters. The Morgan fingerprint density at radius 2 is 1.31 bits per heavy atom. The van der Waals surface area contributed by atoms with Crippen LogP contribution >= 0.6 is 0 Å². The minimum Gasteiger partial charge on any atom is -0.458 e. The zero-order chi connectivity index (χ0) is 30.0. The van der Waals surface area contributed by atoms with Gasteiger partial charge in [-0.2, -0.15) is 0 Å². The van der Waals surface area contributed by atoms with Gasteiger partial charge in [0.15, 0.2) is 11.5 Å². The third kappa shape index (κ3) is 13.7. The molecule has 0 fully saturated rings. The molecule has 0 saturated heterocycles. The highest BCUT2D eigenvalue weighted by atomic mass is 16.8. The number of ether oxygens (including phenoxy) is 7. The highest BCUT2D eigenvalue weighted by Gasteiger charge is 2.26. The summed E-state index contributed by atoms with van der Waals surface area (Å²) >= 11 is 0. The molecule has 1 rings (SSSR count). The molecule has 0 radical (unpaired) electrons. The Morgan fingerprint density at radius 3 is 1.82 bits per heavy atom. The van der Waals surface area contributed by atoms with Gasteiger partial charge < -0.3 is 38.9 Å². The lowest BCUT2D eigenvalue weighted by Crippen LogP contribution is -2.39. The first-order valence-electron chi connectivity index (χ1n) is 12.6. The number of carbonyl (C=O) groups is 4. The fourth-order valence-electron chi connectivity index (χ4n) is 2.74. The molecular weight excluding hydrogens is 514 g/mol. The van der Waals surface area contributed by atoms with Crippen LogP contribution in [-0.4, -0.2) is 60.5 Å². The summed E-state index contributed by atoms with van der Waals surface area (Å²) < 4.78 is 36.1. The van der Waals surface area contributed by atoms with E-state index in [0.29, 0.717) is 12.0 Å². The van der Waals surface area contributed by atoms with E-state index in [1.54, 1.807) is 55.4 Å². The molecular formula is C27H41NO11. The van der Waals surface area contributed by atoms with E-state index in [1.807, 2.05) is 6.92 Å². The van der Waals surface area contributed by atoms with Crippen molar-refractivity contribution in [2.45, 2.75) is 105 Å². The molecule has 0 spiro atoms. The summed E-state index contributed by atoms with van der Waals surface area (Å²) in [4.78, 5) is 48.7. The minimum absolute atomic E-state index is 0.0171. The number of rotatable bonds is 10. The third-order valence-corrected chi connectivity index (χ3v) is 4.60. The van der Waals surface area contributed by atoms with Crippen molar-refractivity contribution in [1.82, 2.24) is 0 Å². The largest absolute Gasteiger partial charge is 0.514 e. The van der Waals surface area contributed by atoms with Gasteiger partial charge in [-0.3, -0.25) is 4.79 Å². The van der Waals surface area contributed by atoms with Crippen molar-refractivity contribution in [1.29, 1.82) is 0 Å². The van der Waals surface area contributed by atoms with Crippen LogP contribution < -0.4 is 15.2 Å². The van der Waals surface area contributed by atoms with Crippen LogP contribution in [0, 0.1) is 0 Å². The zero-order valence-corrected chi connectivity index (χ0v) is 24.2. The van der Waals surface area contributed by atoms with Crippen molar-refractivity contribution >= 4 is 24.4 Å². The van der Waals surface area contributed by atoms with E-state index >= 15 is 0 Å². The van der Waals surface area contributed by atoms with Crippen molar-refractivity contribution in [3.8, 4) is 11.5 Å². The quantitative estimate of drug-likeness (QED) is 0.232. The van der Waals surface area contributed by atoms with Gasteiger partial charge in [0.2, 0.25) is 0 Å². The molecule has 1 aromatic rings. The predicted molar refractivity (Wildman–Crippen MR) is 140 cm³/mol.